The zero-order valence-corrected chi connectivity index (χ0v) is 15.0. The number of nitrogens with one attached hydrogen (secondary N) is 1. The van der Waals surface area contributed by atoms with Crippen LogP contribution in [0.1, 0.15) is 55.4 Å². The molecule has 26 heavy (non-hydrogen) atoms. The van der Waals surface area contributed by atoms with Crippen LogP contribution in [0, 0.1) is 5.92 Å². The van der Waals surface area contributed by atoms with Crippen molar-refractivity contribution in [1.82, 2.24) is 15.1 Å². The first kappa shape index (κ1) is 18.2. The number of hydrogen-bond acceptors (Lipinski definition) is 3. The van der Waals surface area contributed by atoms with E-state index < -0.39 is 5.97 Å². The number of nitrogens with zero attached hydrogens (tertiary/aromatic N) is 2. The van der Waals surface area contributed by atoms with E-state index in [1.54, 1.807) is 6.20 Å². The van der Waals surface area contributed by atoms with Gasteiger partial charge >= 0.3 is 5.97 Å². The molecule has 1 aliphatic carbocycles. The molecule has 0 radical (unpaired) electrons. The second-order valence-electron chi connectivity index (χ2n) is 7.07. The number of hydrogen-bond donors (Lipinski definition) is 2. The Morgan fingerprint density at radius 1 is 1.27 bits per heavy atom. The SMILES string of the molecule is CC(CNC(=O)c1cnn(C2CCCC2)c1-c1ccccc1)CC(=O)O. The van der Waals surface area contributed by atoms with Crippen molar-refractivity contribution in [2.75, 3.05) is 6.54 Å². The molecular weight excluding hydrogens is 330 g/mol. The highest BCUT2D eigenvalue weighted by Crippen LogP contribution is 2.34. The van der Waals surface area contributed by atoms with Gasteiger partial charge < -0.3 is 10.4 Å². The molecule has 3 rings (SSSR count). The maximum Gasteiger partial charge on any atom is 0.303 e. The zero-order valence-electron chi connectivity index (χ0n) is 15.0. The summed E-state index contributed by atoms with van der Waals surface area (Å²) in [5.74, 6) is -1.18. The number of carboxylic acid groups (broad SMARTS) is 1. The molecule has 2 aromatic rings. The van der Waals surface area contributed by atoms with Gasteiger partial charge in [0.15, 0.2) is 0 Å². The summed E-state index contributed by atoms with van der Waals surface area (Å²) in [5, 5.41) is 16.3. The molecule has 138 valence electrons. The molecule has 1 unspecified atom stereocenters. The standard InChI is InChI=1S/C20H25N3O3/c1-14(11-18(24)25)12-21-20(26)17-13-22-23(16-9-5-6-10-16)19(17)15-7-3-2-4-8-15/h2-4,7-8,13-14,16H,5-6,9-12H2,1H3,(H,21,26)(H,24,25). The van der Waals surface area contributed by atoms with Gasteiger partial charge in [-0.2, -0.15) is 5.10 Å². The van der Waals surface area contributed by atoms with Crippen molar-refractivity contribution < 1.29 is 14.7 Å². The summed E-state index contributed by atoms with van der Waals surface area (Å²) in [6, 6.07) is 10.2. The first-order valence-corrected chi connectivity index (χ1v) is 9.19. The van der Waals surface area contributed by atoms with Crippen molar-refractivity contribution in [3.63, 3.8) is 0 Å². The number of carbonyl (C=O) groups is 2. The fourth-order valence-corrected chi connectivity index (χ4v) is 3.57. The van der Waals surface area contributed by atoms with Gasteiger partial charge in [0.25, 0.3) is 5.91 Å². The minimum Gasteiger partial charge on any atom is -0.481 e. The highest BCUT2D eigenvalue weighted by Gasteiger charge is 2.25. The van der Waals surface area contributed by atoms with E-state index in [9.17, 15) is 9.59 Å². The second kappa shape index (κ2) is 8.17. The maximum atomic E-state index is 12.7. The largest absolute Gasteiger partial charge is 0.481 e. The fraction of sp³-hybridized carbons (Fsp3) is 0.450. The fourth-order valence-electron chi connectivity index (χ4n) is 3.57. The van der Waals surface area contributed by atoms with E-state index in [0.29, 0.717) is 18.2 Å². The molecule has 6 heteroatoms. The number of carbonyl (C=O) groups excluding carboxylic acids is 1. The molecule has 1 aromatic heterocycles. The number of benzene rings is 1. The molecule has 1 atom stereocenters. The summed E-state index contributed by atoms with van der Waals surface area (Å²) in [6.45, 7) is 2.14. The predicted molar refractivity (Wildman–Crippen MR) is 98.9 cm³/mol. The molecular formula is C20H25N3O3. The summed E-state index contributed by atoms with van der Waals surface area (Å²) in [5.41, 5.74) is 2.37. The zero-order chi connectivity index (χ0) is 18.5. The maximum absolute atomic E-state index is 12.7. The van der Waals surface area contributed by atoms with Gasteiger partial charge in [-0.25, -0.2) is 0 Å². The molecule has 1 aromatic carbocycles. The summed E-state index contributed by atoms with van der Waals surface area (Å²) >= 11 is 0. The molecule has 1 saturated carbocycles. The summed E-state index contributed by atoms with van der Waals surface area (Å²) in [7, 11) is 0. The van der Waals surface area contributed by atoms with Crippen LogP contribution < -0.4 is 5.32 Å². The Balaban J connectivity index is 1.84. The predicted octanol–water partition coefficient (Wildman–Crippen LogP) is 3.51. The van der Waals surface area contributed by atoms with E-state index in [0.717, 1.165) is 24.1 Å². The Hall–Kier alpha value is -2.63. The normalized spacial score (nSPS) is 15.7. The lowest BCUT2D eigenvalue weighted by molar-refractivity contribution is -0.137. The van der Waals surface area contributed by atoms with Gasteiger partial charge in [-0.15, -0.1) is 0 Å². The van der Waals surface area contributed by atoms with Gasteiger partial charge in [-0.1, -0.05) is 50.1 Å². The van der Waals surface area contributed by atoms with Gasteiger partial charge in [0.2, 0.25) is 0 Å². The van der Waals surface area contributed by atoms with Crippen molar-refractivity contribution in [3.05, 3.63) is 42.1 Å². The number of aliphatic carboxylic acids is 1. The molecule has 0 bridgehead atoms. The summed E-state index contributed by atoms with van der Waals surface area (Å²) in [6.07, 6.45) is 6.21. The lowest BCUT2D eigenvalue weighted by Gasteiger charge is -2.16. The Morgan fingerprint density at radius 2 is 1.96 bits per heavy atom. The van der Waals surface area contributed by atoms with Crippen LogP contribution in [0.15, 0.2) is 36.5 Å². The van der Waals surface area contributed by atoms with Crippen LogP contribution in [-0.2, 0) is 4.79 Å². The van der Waals surface area contributed by atoms with Crippen molar-refractivity contribution >= 4 is 11.9 Å². The summed E-state index contributed by atoms with van der Waals surface area (Å²) in [4.78, 5) is 23.5. The topological polar surface area (TPSA) is 84.2 Å². The average Bonchev–Trinajstić information content (AvgIpc) is 3.29. The van der Waals surface area contributed by atoms with E-state index in [-0.39, 0.29) is 18.2 Å². The summed E-state index contributed by atoms with van der Waals surface area (Å²) < 4.78 is 2.00. The van der Waals surface area contributed by atoms with E-state index in [2.05, 4.69) is 10.4 Å². The van der Waals surface area contributed by atoms with Gasteiger partial charge in [0.1, 0.15) is 0 Å². The van der Waals surface area contributed by atoms with Crippen LogP contribution in [0.3, 0.4) is 0 Å². The molecule has 6 nitrogen and oxygen atoms in total. The van der Waals surface area contributed by atoms with Crippen molar-refractivity contribution in [3.8, 4) is 11.3 Å². The minimum atomic E-state index is -0.856. The van der Waals surface area contributed by atoms with E-state index in [1.807, 2.05) is 41.9 Å². The Kier molecular flexibility index (Phi) is 5.71. The molecule has 1 aliphatic rings. The van der Waals surface area contributed by atoms with Crippen molar-refractivity contribution in [2.45, 2.75) is 45.1 Å². The minimum absolute atomic E-state index is 0.0349. The molecule has 0 aliphatic heterocycles. The monoisotopic (exact) mass is 355 g/mol. The first-order valence-electron chi connectivity index (χ1n) is 9.19. The van der Waals surface area contributed by atoms with Crippen molar-refractivity contribution in [2.24, 2.45) is 5.92 Å². The smallest absolute Gasteiger partial charge is 0.303 e. The highest BCUT2D eigenvalue weighted by molar-refractivity contribution is 6.00. The Bertz CT molecular complexity index is 764. The van der Waals surface area contributed by atoms with Gasteiger partial charge in [-0.3, -0.25) is 14.3 Å². The van der Waals surface area contributed by atoms with E-state index in [1.165, 1.54) is 12.8 Å². The number of amides is 1. The number of carboxylic acids is 1. The molecule has 0 spiro atoms. The Labute approximate surface area is 153 Å². The third-order valence-electron chi connectivity index (χ3n) is 4.89. The van der Waals surface area contributed by atoms with Crippen LogP contribution in [-0.4, -0.2) is 33.3 Å². The van der Waals surface area contributed by atoms with Gasteiger partial charge in [-0.05, 0) is 18.8 Å². The molecule has 0 saturated heterocycles. The molecule has 1 fully saturated rings. The molecule has 2 N–H and O–H groups in total. The van der Waals surface area contributed by atoms with E-state index >= 15 is 0 Å². The van der Waals surface area contributed by atoms with E-state index in [4.69, 9.17) is 5.11 Å². The van der Waals surface area contributed by atoms with Gasteiger partial charge in [0.05, 0.1) is 23.5 Å². The lowest BCUT2D eigenvalue weighted by atomic mass is 10.1. The third-order valence-corrected chi connectivity index (χ3v) is 4.89. The molecule has 1 heterocycles. The van der Waals surface area contributed by atoms with Crippen LogP contribution >= 0.6 is 0 Å². The average molecular weight is 355 g/mol. The molecule has 1 amide bonds. The third kappa shape index (κ3) is 4.12. The second-order valence-corrected chi connectivity index (χ2v) is 7.07. The first-order chi connectivity index (χ1) is 12.6. The van der Waals surface area contributed by atoms with Crippen LogP contribution in [0.25, 0.3) is 11.3 Å². The van der Waals surface area contributed by atoms with Crippen LogP contribution in [0.4, 0.5) is 0 Å². The highest BCUT2D eigenvalue weighted by atomic mass is 16.4. The number of rotatable bonds is 7. The lowest BCUT2D eigenvalue weighted by Crippen LogP contribution is -2.29. The van der Waals surface area contributed by atoms with Crippen LogP contribution in [0.5, 0.6) is 0 Å². The number of aromatic nitrogens is 2. The quantitative estimate of drug-likeness (QED) is 0.796. The van der Waals surface area contributed by atoms with Gasteiger partial charge in [0, 0.05) is 18.5 Å². The Morgan fingerprint density at radius 3 is 2.62 bits per heavy atom. The van der Waals surface area contributed by atoms with Crippen LogP contribution in [0.2, 0.25) is 0 Å². The van der Waals surface area contributed by atoms with Crippen molar-refractivity contribution in [1.29, 1.82) is 0 Å².